The van der Waals surface area contributed by atoms with Crippen LogP contribution in [0.2, 0.25) is 0 Å². The maximum atomic E-state index is 11.9. The van der Waals surface area contributed by atoms with Gasteiger partial charge in [0.2, 0.25) is 0 Å². The van der Waals surface area contributed by atoms with E-state index in [0.29, 0.717) is 6.54 Å². The summed E-state index contributed by atoms with van der Waals surface area (Å²) in [5.41, 5.74) is 2.07. The summed E-state index contributed by atoms with van der Waals surface area (Å²) in [6.07, 6.45) is 5.36. The lowest BCUT2D eigenvalue weighted by molar-refractivity contribution is 0.180. The molecule has 4 nitrogen and oxygen atoms in total. The minimum atomic E-state index is -0.168. The monoisotopic (exact) mass is 276 g/mol. The van der Waals surface area contributed by atoms with Gasteiger partial charge in [-0.2, -0.15) is 0 Å². The Morgan fingerprint density at radius 3 is 2.50 bits per heavy atom. The fraction of sp³-hybridized carbons (Fsp3) is 0.562. The van der Waals surface area contributed by atoms with Crippen molar-refractivity contribution in [1.29, 1.82) is 0 Å². The standard InChI is InChI=1S/C16H24N2O2/c1-13-4-6-14(7-5-13)18-15(20)17-12-16(10-11-19)8-2-3-9-16/h4-7,19H,2-3,8-12H2,1H3,(H2,17,18,20). The average molecular weight is 276 g/mol. The number of anilines is 1. The number of amides is 2. The molecule has 0 saturated heterocycles. The number of benzene rings is 1. The van der Waals surface area contributed by atoms with Gasteiger partial charge in [0, 0.05) is 18.8 Å². The molecule has 0 aliphatic heterocycles. The molecule has 2 amide bonds. The molecule has 1 saturated carbocycles. The van der Waals surface area contributed by atoms with Gasteiger partial charge in [0.05, 0.1) is 0 Å². The van der Waals surface area contributed by atoms with Gasteiger partial charge >= 0.3 is 6.03 Å². The number of hydrogen-bond donors (Lipinski definition) is 3. The molecule has 3 N–H and O–H groups in total. The number of carbonyl (C=O) groups is 1. The number of aliphatic hydroxyl groups is 1. The van der Waals surface area contributed by atoms with Gasteiger partial charge in [-0.15, -0.1) is 0 Å². The van der Waals surface area contributed by atoms with Crippen LogP contribution in [0.15, 0.2) is 24.3 Å². The first-order chi connectivity index (χ1) is 9.63. The fourth-order valence-electron chi connectivity index (χ4n) is 2.96. The number of hydrogen-bond acceptors (Lipinski definition) is 2. The van der Waals surface area contributed by atoms with E-state index in [1.54, 1.807) is 0 Å². The zero-order valence-electron chi connectivity index (χ0n) is 12.1. The molecule has 0 radical (unpaired) electrons. The molecule has 1 aromatic rings. The van der Waals surface area contributed by atoms with E-state index in [9.17, 15) is 9.90 Å². The van der Waals surface area contributed by atoms with Gasteiger partial charge in [-0.3, -0.25) is 0 Å². The Kier molecular flexibility index (Phi) is 5.01. The highest BCUT2D eigenvalue weighted by atomic mass is 16.3. The Labute approximate surface area is 120 Å². The minimum absolute atomic E-state index is 0.0966. The van der Waals surface area contributed by atoms with Gasteiger partial charge < -0.3 is 15.7 Å². The van der Waals surface area contributed by atoms with Gasteiger partial charge in [0.25, 0.3) is 0 Å². The first kappa shape index (κ1) is 14.9. The quantitative estimate of drug-likeness (QED) is 0.774. The zero-order valence-corrected chi connectivity index (χ0v) is 12.1. The Balaban J connectivity index is 1.83. The highest BCUT2D eigenvalue weighted by molar-refractivity contribution is 5.89. The van der Waals surface area contributed by atoms with E-state index in [-0.39, 0.29) is 18.1 Å². The molecule has 1 aliphatic carbocycles. The van der Waals surface area contributed by atoms with Gasteiger partial charge in [-0.05, 0) is 43.7 Å². The van der Waals surface area contributed by atoms with Crippen LogP contribution in [0.3, 0.4) is 0 Å². The number of carbonyl (C=O) groups excluding carboxylic acids is 1. The number of nitrogens with one attached hydrogen (secondary N) is 2. The molecule has 1 fully saturated rings. The predicted molar refractivity (Wildman–Crippen MR) is 80.8 cm³/mol. The SMILES string of the molecule is Cc1ccc(NC(=O)NCC2(CCO)CCCC2)cc1. The topological polar surface area (TPSA) is 61.4 Å². The molecule has 0 atom stereocenters. The molecule has 2 rings (SSSR count). The maximum Gasteiger partial charge on any atom is 0.319 e. The van der Waals surface area contributed by atoms with E-state index in [1.807, 2.05) is 31.2 Å². The molecule has 4 heteroatoms. The van der Waals surface area contributed by atoms with E-state index in [0.717, 1.165) is 24.9 Å². The number of urea groups is 1. The van der Waals surface area contributed by atoms with Crippen molar-refractivity contribution >= 4 is 11.7 Å². The normalized spacial score (nSPS) is 16.9. The van der Waals surface area contributed by atoms with Gasteiger partial charge in [-0.25, -0.2) is 4.79 Å². The predicted octanol–water partition coefficient (Wildman–Crippen LogP) is 3.06. The number of rotatable bonds is 5. The molecular weight excluding hydrogens is 252 g/mol. The summed E-state index contributed by atoms with van der Waals surface area (Å²) in [6, 6.07) is 7.57. The molecule has 0 heterocycles. The molecule has 0 bridgehead atoms. The lowest BCUT2D eigenvalue weighted by Crippen LogP contribution is -2.38. The van der Waals surface area contributed by atoms with Crippen LogP contribution >= 0.6 is 0 Å². The third-order valence-corrected chi connectivity index (χ3v) is 4.24. The van der Waals surface area contributed by atoms with Gasteiger partial charge in [-0.1, -0.05) is 30.5 Å². The largest absolute Gasteiger partial charge is 0.396 e. The van der Waals surface area contributed by atoms with Crippen LogP contribution in [0, 0.1) is 12.3 Å². The van der Waals surface area contributed by atoms with Gasteiger partial charge in [0.15, 0.2) is 0 Å². The van der Waals surface area contributed by atoms with Crippen molar-refractivity contribution in [1.82, 2.24) is 5.32 Å². The summed E-state index contributed by atoms with van der Waals surface area (Å²) in [6.45, 7) is 2.86. The molecule has 1 aromatic carbocycles. The van der Waals surface area contributed by atoms with E-state index in [1.165, 1.54) is 18.4 Å². The highest BCUT2D eigenvalue weighted by Crippen LogP contribution is 2.40. The maximum absolute atomic E-state index is 11.9. The van der Waals surface area contributed by atoms with Crippen molar-refractivity contribution in [3.8, 4) is 0 Å². The van der Waals surface area contributed by atoms with Crippen LogP contribution in [0.5, 0.6) is 0 Å². The summed E-state index contributed by atoms with van der Waals surface area (Å²) in [4.78, 5) is 11.9. The molecule has 0 aromatic heterocycles. The molecule has 0 spiro atoms. The second-order valence-corrected chi connectivity index (χ2v) is 5.85. The van der Waals surface area contributed by atoms with E-state index in [2.05, 4.69) is 10.6 Å². The lowest BCUT2D eigenvalue weighted by Gasteiger charge is -2.28. The Bertz CT molecular complexity index is 436. The summed E-state index contributed by atoms with van der Waals surface area (Å²) < 4.78 is 0. The Morgan fingerprint density at radius 2 is 1.90 bits per heavy atom. The van der Waals surface area contributed by atoms with Crippen molar-refractivity contribution in [2.45, 2.75) is 39.0 Å². The first-order valence-electron chi connectivity index (χ1n) is 7.36. The van der Waals surface area contributed by atoms with Crippen LogP contribution in [-0.2, 0) is 0 Å². The smallest absolute Gasteiger partial charge is 0.319 e. The Morgan fingerprint density at radius 1 is 1.25 bits per heavy atom. The van der Waals surface area contributed by atoms with Crippen LogP contribution in [0.25, 0.3) is 0 Å². The second kappa shape index (κ2) is 6.75. The third-order valence-electron chi connectivity index (χ3n) is 4.24. The molecular formula is C16H24N2O2. The summed E-state index contributed by atoms with van der Waals surface area (Å²) >= 11 is 0. The zero-order chi connectivity index (χ0) is 14.4. The molecule has 0 unspecified atom stereocenters. The lowest BCUT2D eigenvalue weighted by atomic mass is 9.83. The number of aryl methyl sites for hydroxylation is 1. The van der Waals surface area contributed by atoms with Crippen molar-refractivity contribution < 1.29 is 9.90 Å². The second-order valence-electron chi connectivity index (χ2n) is 5.85. The summed E-state index contributed by atoms with van der Waals surface area (Å²) in [5.74, 6) is 0. The van der Waals surface area contributed by atoms with Crippen molar-refractivity contribution in [3.63, 3.8) is 0 Å². The van der Waals surface area contributed by atoms with Crippen molar-refractivity contribution in [2.24, 2.45) is 5.41 Å². The van der Waals surface area contributed by atoms with Crippen LogP contribution in [0.4, 0.5) is 10.5 Å². The van der Waals surface area contributed by atoms with Crippen molar-refractivity contribution in [2.75, 3.05) is 18.5 Å². The number of aliphatic hydroxyl groups excluding tert-OH is 1. The van der Waals surface area contributed by atoms with Crippen LogP contribution < -0.4 is 10.6 Å². The van der Waals surface area contributed by atoms with Crippen LogP contribution in [-0.4, -0.2) is 24.3 Å². The highest BCUT2D eigenvalue weighted by Gasteiger charge is 2.33. The molecule has 110 valence electrons. The molecule has 20 heavy (non-hydrogen) atoms. The average Bonchev–Trinajstić information content (AvgIpc) is 2.89. The van der Waals surface area contributed by atoms with Crippen LogP contribution in [0.1, 0.15) is 37.7 Å². The van der Waals surface area contributed by atoms with E-state index >= 15 is 0 Å². The summed E-state index contributed by atoms with van der Waals surface area (Å²) in [5, 5.41) is 15.0. The fourth-order valence-corrected chi connectivity index (χ4v) is 2.96. The first-order valence-corrected chi connectivity index (χ1v) is 7.36. The third kappa shape index (κ3) is 3.97. The molecule has 1 aliphatic rings. The van der Waals surface area contributed by atoms with E-state index in [4.69, 9.17) is 0 Å². The van der Waals surface area contributed by atoms with Gasteiger partial charge in [0.1, 0.15) is 0 Å². The summed E-state index contributed by atoms with van der Waals surface area (Å²) in [7, 11) is 0. The van der Waals surface area contributed by atoms with Crippen molar-refractivity contribution in [3.05, 3.63) is 29.8 Å². The van der Waals surface area contributed by atoms with E-state index < -0.39 is 0 Å². The minimum Gasteiger partial charge on any atom is -0.396 e. The Hall–Kier alpha value is -1.55.